The van der Waals surface area contributed by atoms with Gasteiger partial charge in [0.1, 0.15) is 55.0 Å². The van der Waals surface area contributed by atoms with Crippen LogP contribution in [0.15, 0.2) is 107 Å². The van der Waals surface area contributed by atoms with Crippen molar-refractivity contribution in [2.75, 3.05) is 41.5 Å². The monoisotopic (exact) mass is 1390 g/mol. The molecule has 4 aliphatic heterocycles. The number of hydrogen-bond acceptors (Lipinski definition) is 15. The molecular weight excluding hydrogens is 1350 g/mol. The molecule has 0 aliphatic carbocycles. The molecule has 0 bridgehead atoms. The third-order valence-electron chi connectivity index (χ3n) is 11.9. The zero-order chi connectivity index (χ0) is 58.1. The van der Waals surface area contributed by atoms with Crippen LogP contribution in [0.25, 0.3) is 11.0 Å². The van der Waals surface area contributed by atoms with E-state index in [9.17, 15) is 33.6 Å². The van der Waals surface area contributed by atoms with Gasteiger partial charge in [-0.05, 0) is 92.7 Å². The maximum absolute atomic E-state index is 13.0. The highest BCUT2D eigenvalue weighted by atomic mass is 127. The van der Waals surface area contributed by atoms with Crippen LogP contribution in [0.2, 0.25) is 20.6 Å². The molecule has 8 amide bonds. The Morgan fingerprint density at radius 3 is 1.71 bits per heavy atom. The van der Waals surface area contributed by atoms with Crippen molar-refractivity contribution in [2.45, 2.75) is 24.2 Å². The molecule has 0 radical (unpaired) electrons. The zero-order valence-corrected chi connectivity index (χ0v) is 49.4. The van der Waals surface area contributed by atoms with E-state index >= 15 is 0 Å². The van der Waals surface area contributed by atoms with Gasteiger partial charge in [0.15, 0.2) is 16.5 Å². The molecule has 22 nitrogen and oxygen atoms in total. The van der Waals surface area contributed by atoms with Gasteiger partial charge in [-0.2, -0.15) is 0 Å². The van der Waals surface area contributed by atoms with Crippen molar-refractivity contribution >= 4 is 138 Å². The zero-order valence-electron chi connectivity index (χ0n) is 42.0. The average Bonchev–Trinajstić information content (AvgIpc) is 4.24. The number of imide groups is 2. The molecule has 0 spiro atoms. The Kier molecular flexibility index (Phi) is 19.8. The number of benzene rings is 2. The summed E-state index contributed by atoms with van der Waals surface area (Å²) in [6.45, 7) is 0.416. The van der Waals surface area contributed by atoms with Gasteiger partial charge >= 0.3 is 12.1 Å². The van der Waals surface area contributed by atoms with E-state index in [2.05, 4.69) is 69.7 Å². The van der Waals surface area contributed by atoms with Crippen LogP contribution in [0.4, 0.5) is 9.59 Å². The number of pyridine rings is 4. The van der Waals surface area contributed by atoms with Crippen molar-refractivity contribution in [3.8, 4) is 35.3 Å². The predicted octanol–water partition coefficient (Wildman–Crippen LogP) is 7.77. The molecule has 5 N–H and O–H groups in total. The van der Waals surface area contributed by atoms with Crippen molar-refractivity contribution in [3.05, 3.63) is 164 Å². The third kappa shape index (κ3) is 13.9. The van der Waals surface area contributed by atoms with Crippen LogP contribution in [0.1, 0.15) is 37.6 Å². The molecule has 0 saturated carbocycles. The second kappa shape index (κ2) is 26.2. The number of aromatic amines is 1. The molecule has 414 valence electrons. The fraction of sp³-hybridized carbons (Fsp3) is 0.192. The first kappa shape index (κ1) is 60.2. The number of furan rings is 1. The van der Waals surface area contributed by atoms with E-state index in [1.54, 1.807) is 93.5 Å². The summed E-state index contributed by atoms with van der Waals surface area (Å²) in [4.78, 5) is 102. The van der Waals surface area contributed by atoms with Crippen molar-refractivity contribution < 1.29 is 52.1 Å². The molecule has 2 fully saturated rings. The van der Waals surface area contributed by atoms with E-state index in [1.165, 1.54) is 42.3 Å². The summed E-state index contributed by atoms with van der Waals surface area (Å²) in [5.74, 6) is 3.37. The molecule has 4 aliphatic rings. The van der Waals surface area contributed by atoms with E-state index in [-0.39, 0.29) is 47.8 Å². The number of fused-ring (bicyclic) bond motifs is 3. The molecule has 2 saturated heterocycles. The third-order valence-corrected chi connectivity index (χ3v) is 14.4. The number of halogens is 6. The number of H-pyrrole nitrogens is 1. The first-order chi connectivity index (χ1) is 38.1. The number of aromatic nitrogens is 4. The maximum Gasteiger partial charge on any atom is 0.323 e. The summed E-state index contributed by atoms with van der Waals surface area (Å²) < 4.78 is 27.6. The highest BCUT2D eigenvalue weighted by Crippen LogP contribution is 2.36. The van der Waals surface area contributed by atoms with Gasteiger partial charge in [0.2, 0.25) is 0 Å². The minimum Gasteiger partial charge on any atom is -0.497 e. The van der Waals surface area contributed by atoms with Gasteiger partial charge in [-0.25, -0.2) is 24.5 Å². The molecule has 28 heteroatoms. The summed E-state index contributed by atoms with van der Waals surface area (Å²) in [5.41, 5.74) is -0.100. The standard InChI is InChI=1S/C20H15ClN4O5.C15H13N3O4.C6H5ClINO.C6H6ClNO.C5H3ClINO/c1-29-12-3-2-10-8-25(17(26)13(10)5-12)9-20(18(27)23-19(28)24-20)15-4-11-7-22-16(21)6-14(11)30-15;1-3-15(13(20)16-14(21)17-15)8-18-7-9-4-5-10(22-2)6-11(9)12(18)19;1-10-5-2-6(7)9-3-4(5)8;1-9-5-2-3-8-6(7)4-5;6-5-1-4(9)3(7)2-8-5/h2-7H,8-9H2,1H3,(H2,23,24,27,28);1,4-6H,7-8H2,2H3,(H2,16,17,20,21);2-3H,1H3;2-4H,1H3;1-2H,(H,8,9)/t20-;15-;;;/m01.../s1. The molecule has 9 heterocycles. The second-order valence-corrected chi connectivity index (χ2v) is 20.8. The molecule has 7 aromatic rings. The highest BCUT2D eigenvalue weighted by Gasteiger charge is 2.53. The predicted molar refractivity (Wildman–Crippen MR) is 310 cm³/mol. The largest absolute Gasteiger partial charge is 0.497 e. The minimum absolute atomic E-state index is 0.0423. The Morgan fingerprint density at radius 2 is 1.21 bits per heavy atom. The summed E-state index contributed by atoms with van der Waals surface area (Å²) in [5, 5.41) is 11.5. The minimum atomic E-state index is -1.58. The number of carbonyl (C=O) groups is 6. The van der Waals surface area contributed by atoms with E-state index in [0.29, 0.717) is 59.2 Å². The van der Waals surface area contributed by atoms with E-state index < -0.39 is 35.0 Å². The molecule has 80 heavy (non-hydrogen) atoms. The Morgan fingerprint density at radius 1 is 0.650 bits per heavy atom. The van der Waals surface area contributed by atoms with Crippen LogP contribution in [-0.4, -0.2) is 112 Å². The van der Waals surface area contributed by atoms with Gasteiger partial charge in [-0.1, -0.05) is 64.5 Å². The smallest absolute Gasteiger partial charge is 0.323 e. The second-order valence-electron chi connectivity index (χ2n) is 16.9. The number of amides is 8. The lowest BCUT2D eigenvalue weighted by Gasteiger charge is -2.29. The number of nitrogens with zero attached hydrogens (tertiary/aromatic N) is 5. The molecule has 2 atom stereocenters. The van der Waals surface area contributed by atoms with Crippen molar-refractivity contribution in [2.24, 2.45) is 0 Å². The summed E-state index contributed by atoms with van der Waals surface area (Å²) in [6, 6.07) is 18.7. The normalized spacial score (nSPS) is 17.3. The number of ether oxygens (including phenoxy) is 4. The number of methoxy groups -OCH3 is 4. The van der Waals surface area contributed by atoms with Crippen molar-refractivity contribution in [1.82, 2.24) is 51.0 Å². The molecule has 2 aromatic carbocycles. The number of carbonyl (C=O) groups excluding carboxylic acids is 6. The topological polar surface area (TPSA) is 279 Å². The first-order valence-electron chi connectivity index (χ1n) is 22.9. The molecule has 5 aromatic heterocycles. The van der Waals surface area contributed by atoms with Crippen LogP contribution in [0.5, 0.6) is 23.0 Å². The SMILES string of the molecule is C#C[C@]1(CN2Cc3ccc(OC)cc3C2=O)NC(=O)NC1=O.COc1cc(Cl)ncc1I.COc1ccc2c(c1)C(=O)N(C[C@@]1(c3cc4cnc(Cl)cc4o3)NC(=O)NC1=O)C2.COc1ccnc(Cl)c1.O=c1cc(Cl)[nH]cc1I. The molecule has 11 rings (SSSR count). The van der Waals surface area contributed by atoms with Gasteiger partial charge in [0.05, 0.1) is 48.7 Å². The van der Waals surface area contributed by atoms with Gasteiger partial charge in [-0.3, -0.25) is 34.6 Å². The average molecular weight is 1390 g/mol. The Balaban J connectivity index is 0.000000160. The van der Waals surface area contributed by atoms with E-state index in [4.69, 9.17) is 76.2 Å². The Labute approximate surface area is 502 Å². The van der Waals surface area contributed by atoms with Crippen LogP contribution in [-0.2, 0) is 28.2 Å². The fourth-order valence-corrected chi connectivity index (χ4v) is 9.42. The Hall–Kier alpha value is -7.42. The lowest BCUT2D eigenvalue weighted by Crippen LogP contribution is -2.54. The Bertz CT molecular complexity index is 3680. The molecular formula is C52H42Cl4I2N10O12. The van der Waals surface area contributed by atoms with Gasteiger partial charge in [-0.15, -0.1) is 6.42 Å². The molecule has 0 unspecified atom stereocenters. The van der Waals surface area contributed by atoms with Crippen LogP contribution in [0.3, 0.4) is 0 Å². The lowest BCUT2D eigenvalue weighted by molar-refractivity contribution is -0.125. The quantitative estimate of drug-likeness (QED) is 0.0400. The van der Waals surface area contributed by atoms with Gasteiger partial charge in [0, 0.05) is 78.7 Å². The summed E-state index contributed by atoms with van der Waals surface area (Å²) >= 11 is 26.6. The van der Waals surface area contributed by atoms with E-state index in [0.717, 1.165) is 26.2 Å². The van der Waals surface area contributed by atoms with E-state index in [1.807, 2.05) is 22.6 Å². The number of hydrogen-bond donors (Lipinski definition) is 5. The maximum atomic E-state index is 13.0. The van der Waals surface area contributed by atoms with Crippen molar-refractivity contribution in [1.29, 1.82) is 0 Å². The van der Waals surface area contributed by atoms with Crippen molar-refractivity contribution in [3.63, 3.8) is 0 Å². The van der Waals surface area contributed by atoms with Gasteiger partial charge < -0.3 is 48.8 Å². The number of nitrogens with one attached hydrogen (secondary N) is 5. The van der Waals surface area contributed by atoms with Gasteiger partial charge in [0.25, 0.3) is 23.6 Å². The number of urea groups is 2. The summed E-state index contributed by atoms with van der Waals surface area (Å²) in [7, 11) is 6.24. The highest BCUT2D eigenvalue weighted by molar-refractivity contribution is 14.1. The fourth-order valence-electron chi connectivity index (χ4n) is 7.98. The first-order valence-corrected chi connectivity index (χ1v) is 26.6. The van der Waals surface area contributed by atoms with Crippen LogP contribution < -0.4 is 45.6 Å². The number of rotatable bonds is 9. The number of terminal acetylenes is 1. The lowest BCUT2D eigenvalue weighted by atomic mass is 9.95. The van der Waals surface area contributed by atoms with Crippen LogP contribution >= 0.6 is 91.6 Å². The summed E-state index contributed by atoms with van der Waals surface area (Å²) in [6.07, 6.45) is 11.8. The van der Waals surface area contributed by atoms with Crippen LogP contribution in [0, 0.1) is 19.5 Å².